The summed E-state index contributed by atoms with van der Waals surface area (Å²) in [6.07, 6.45) is 0.750. The summed E-state index contributed by atoms with van der Waals surface area (Å²) in [4.78, 5) is 2.43. The summed E-state index contributed by atoms with van der Waals surface area (Å²) in [5.74, 6) is 0. The number of aliphatic hydroxyl groups is 1. The molecule has 14 heavy (non-hydrogen) atoms. The lowest BCUT2D eigenvalue weighted by atomic mass is 10.2. The third kappa shape index (κ3) is 8.08. The largest absolute Gasteiger partial charge is 0.516 e. The maximum absolute atomic E-state index is 7.33. The van der Waals surface area contributed by atoms with Crippen molar-refractivity contribution in [3.05, 3.63) is 12.8 Å². The molecular formula is C11H25NO2. The highest BCUT2D eigenvalue weighted by Gasteiger charge is 2.15. The molecule has 1 unspecified atom stereocenters. The van der Waals surface area contributed by atoms with Crippen molar-refractivity contribution in [2.45, 2.75) is 33.7 Å². The fourth-order valence-electron chi connectivity index (χ4n) is 1.23. The molecule has 86 valence electrons. The van der Waals surface area contributed by atoms with Crippen LogP contribution in [0.2, 0.25) is 0 Å². The van der Waals surface area contributed by atoms with Gasteiger partial charge in [0, 0.05) is 12.6 Å². The van der Waals surface area contributed by atoms with E-state index in [4.69, 9.17) is 9.84 Å². The van der Waals surface area contributed by atoms with Crippen LogP contribution in [0.5, 0.6) is 0 Å². The monoisotopic (exact) mass is 203 g/mol. The minimum Gasteiger partial charge on any atom is -0.516 e. The molecule has 0 radical (unpaired) electrons. The van der Waals surface area contributed by atoms with Gasteiger partial charge in [0.1, 0.15) is 0 Å². The molecule has 0 aliphatic carbocycles. The highest BCUT2D eigenvalue weighted by Crippen LogP contribution is 2.03. The van der Waals surface area contributed by atoms with Crippen molar-refractivity contribution in [1.29, 1.82) is 0 Å². The normalized spacial score (nSPS) is 21.0. The van der Waals surface area contributed by atoms with E-state index in [0.29, 0.717) is 6.04 Å². The molecule has 0 aromatic heterocycles. The van der Waals surface area contributed by atoms with E-state index in [-0.39, 0.29) is 0 Å². The Labute approximate surface area is 88.4 Å². The summed E-state index contributed by atoms with van der Waals surface area (Å²) in [5.41, 5.74) is 0. The summed E-state index contributed by atoms with van der Waals surface area (Å²) in [6.45, 7) is 15.4. The minimum atomic E-state index is 0.628. The van der Waals surface area contributed by atoms with Crippen molar-refractivity contribution >= 4 is 0 Å². The van der Waals surface area contributed by atoms with Crippen LogP contribution in [-0.4, -0.2) is 42.4 Å². The van der Waals surface area contributed by atoms with Crippen molar-refractivity contribution in [2.75, 3.05) is 26.3 Å². The number of hydrogen-bond donors (Lipinski definition) is 1. The molecule has 1 aliphatic heterocycles. The van der Waals surface area contributed by atoms with Gasteiger partial charge in [-0.15, -0.1) is 0 Å². The predicted octanol–water partition coefficient (Wildman–Crippen LogP) is 2.44. The molecule has 0 amide bonds. The minimum absolute atomic E-state index is 0.628. The lowest BCUT2D eigenvalue weighted by Gasteiger charge is -2.31. The number of ether oxygens (including phenoxy) is 1. The maximum Gasteiger partial charge on any atom is 0.0719 e. The highest BCUT2D eigenvalue weighted by atomic mass is 16.5. The third-order valence-corrected chi connectivity index (χ3v) is 1.91. The van der Waals surface area contributed by atoms with Gasteiger partial charge in [0.2, 0.25) is 0 Å². The molecule has 0 saturated carbocycles. The molecular weight excluding hydrogens is 178 g/mol. The fourth-order valence-corrected chi connectivity index (χ4v) is 1.23. The average molecular weight is 203 g/mol. The van der Waals surface area contributed by atoms with Crippen molar-refractivity contribution in [2.24, 2.45) is 0 Å². The van der Waals surface area contributed by atoms with Crippen LogP contribution in [0, 0.1) is 0 Å². The average Bonchev–Trinajstić information content (AvgIpc) is 2.23. The Morgan fingerprint density at radius 2 is 2.07 bits per heavy atom. The molecule has 1 heterocycles. The first-order chi connectivity index (χ1) is 6.76. The van der Waals surface area contributed by atoms with Crippen LogP contribution >= 0.6 is 0 Å². The second kappa shape index (κ2) is 12.5. The third-order valence-electron chi connectivity index (χ3n) is 1.91. The number of hydrogen-bond acceptors (Lipinski definition) is 3. The van der Waals surface area contributed by atoms with Gasteiger partial charge >= 0.3 is 0 Å². The Kier molecular flexibility index (Phi) is 14.2. The molecule has 1 aliphatic rings. The molecule has 1 atom stereocenters. The summed E-state index contributed by atoms with van der Waals surface area (Å²) in [6, 6.07) is 0.628. The van der Waals surface area contributed by atoms with Gasteiger partial charge in [0.15, 0.2) is 0 Å². The van der Waals surface area contributed by atoms with Crippen LogP contribution in [0.1, 0.15) is 27.7 Å². The first-order valence-corrected chi connectivity index (χ1v) is 5.33. The van der Waals surface area contributed by atoms with Gasteiger partial charge in [-0.3, -0.25) is 4.90 Å². The molecule has 0 bridgehead atoms. The first-order valence-electron chi connectivity index (χ1n) is 5.33. The molecule has 1 saturated heterocycles. The zero-order valence-electron chi connectivity index (χ0n) is 9.99. The van der Waals surface area contributed by atoms with Gasteiger partial charge in [-0.25, -0.2) is 0 Å². The number of rotatable bonds is 1. The molecule has 3 nitrogen and oxygen atoms in total. The van der Waals surface area contributed by atoms with Crippen LogP contribution < -0.4 is 0 Å². The highest BCUT2D eigenvalue weighted by molar-refractivity contribution is 4.68. The lowest BCUT2D eigenvalue weighted by molar-refractivity contribution is 0.00245. The molecule has 1 rings (SSSR count). The SMILES string of the molecule is C=CO.CC.CCN1CCOCC1C. The van der Waals surface area contributed by atoms with E-state index in [1.54, 1.807) is 0 Å². The second-order valence-electron chi connectivity index (χ2n) is 2.74. The summed E-state index contributed by atoms with van der Waals surface area (Å²) in [5, 5.41) is 7.33. The molecule has 3 heteroatoms. The topological polar surface area (TPSA) is 32.7 Å². The summed E-state index contributed by atoms with van der Waals surface area (Å²) >= 11 is 0. The van der Waals surface area contributed by atoms with Crippen LogP contribution in [-0.2, 0) is 4.74 Å². The van der Waals surface area contributed by atoms with Gasteiger partial charge in [-0.05, 0) is 13.5 Å². The van der Waals surface area contributed by atoms with Gasteiger partial charge in [-0.1, -0.05) is 27.4 Å². The number of nitrogens with zero attached hydrogens (tertiary/aromatic N) is 1. The van der Waals surface area contributed by atoms with Gasteiger partial charge in [-0.2, -0.15) is 0 Å². The van der Waals surface area contributed by atoms with Crippen LogP contribution in [0.4, 0.5) is 0 Å². The van der Waals surface area contributed by atoms with E-state index >= 15 is 0 Å². The van der Waals surface area contributed by atoms with E-state index in [0.717, 1.165) is 32.6 Å². The van der Waals surface area contributed by atoms with Crippen molar-refractivity contribution < 1.29 is 9.84 Å². The van der Waals surface area contributed by atoms with Crippen LogP contribution in [0.3, 0.4) is 0 Å². The van der Waals surface area contributed by atoms with Gasteiger partial charge in [0.05, 0.1) is 19.5 Å². The van der Waals surface area contributed by atoms with Crippen molar-refractivity contribution in [1.82, 2.24) is 4.90 Å². The van der Waals surface area contributed by atoms with Gasteiger partial charge in [0.25, 0.3) is 0 Å². The standard InChI is InChI=1S/C7H15NO.C2H4O.C2H6/c1-3-8-4-5-9-6-7(8)2;1-2-3;1-2/h7H,3-6H2,1-2H3;2-3H,1H2;1-2H3. The van der Waals surface area contributed by atoms with E-state index in [9.17, 15) is 0 Å². The maximum atomic E-state index is 7.33. The number of likely N-dealkylation sites (N-methyl/N-ethyl adjacent to an activating group) is 1. The van der Waals surface area contributed by atoms with Crippen LogP contribution in [0.25, 0.3) is 0 Å². The summed E-state index contributed by atoms with van der Waals surface area (Å²) in [7, 11) is 0. The zero-order valence-corrected chi connectivity index (χ0v) is 9.99. The lowest BCUT2D eigenvalue weighted by Crippen LogP contribution is -2.43. The predicted molar refractivity (Wildman–Crippen MR) is 61.7 cm³/mol. The van der Waals surface area contributed by atoms with Crippen molar-refractivity contribution in [3.63, 3.8) is 0 Å². The van der Waals surface area contributed by atoms with E-state index in [1.165, 1.54) is 0 Å². The second-order valence-corrected chi connectivity index (χ2v) is 2.74. The van der Waals surface area contributed by atoms with E-state index in [2.05, 4.69) is 25.3 Å². The van der Waals surface area contributed by atoms with Crippen molar-refractivity contribution in [3.8, 4) is 0 Å². The van der Waals surface area contributed by atoms with E-state index < -0.39 is 0 Å². The smallest absolute Gasteiger partial charge is 0.0719 e. The molecule has 1 N–H and O–H groups in total. The fraction of sp³-hybridized carbons (Fsp3) is 0.818. The molecule has 0 aromatic rings. The molecule has 0 aromatic carbocycles. The Hall–Kier alpha value is -0.540. The quantitative estimate of drug-likeness (QED) is 0.664. The number of morpholine rings is 1. The number of aliphatic hydroxyl groups excluding tert-OH is 1. The summed E-state index contributed by atoms with van der Waals surface area (Å²) < 4.78 is 5.27. The first kappa shape index (κ1) is 15.9. The Bertz CT molecular complexity index is 118. The molecule has 0 spiro atoms. The Morgan fingerprint density at radius 3 is 2.36 bits per heavy atom. The molecule has 1 fully saturated rings. The zero-order chi connectivity index (χ0) is 11.4. The Morgan fingerprint density at radius 1 is 1.57 bits per heavy atom. The Balaban J connectivity index is 0. The van der Waals surface area contributed by atoms with Crippen LogP contribution in [0.15, 0.2) is 12.8 Å². The van der Waals surface area contributed by atoms with E-state index in [1.807, 2.05) is 13.8 Å². The van der Waals surface area contributed by atoms with Gasteiger partial charge < -0.3 is 9.84 Å².